The van der Waals surface area contributed by atoms with Crippen LogP contribution in [0.15, 0.2) is 41.1 Å². The van der Waals surface area contributed by atoms with Crippen LogP contribution in [-0.2, 0) is 0 Å². The number of aryl methyl sites for hydroxylation is 2. The standard InChI is InChI=1S/C13H9NO5/c1-6-3-11(19-14-6)9-5-8-10(18-13(9)16)4-7(2)17-12(8)15/h3-5H,1-2H3. The van der Waals surface area contributed by atoms with E-state index in [9.17, 15) is 9.59 Å². The Labute approximate surface area is 106 Å². The number of fused-ring (bicyclic) bond motifs is 1. The summed E-state index contributed by atoms with van der Waals surface area (Å²) < 4.78 is 15.1. The van der Waals surface area contributed by atoms with Crippen molar-refractivity contribution in [2.45, 2.75) is 13.8 Å². The molecule has 0 fully saturated rings. The zero-order valence-electron chi connectivity index (χ0n) is 10.2. The zero-order valence-corrected chi connectivity index (χ0v) is 10.2. The van der Waals surface area contributed by atoms with Crippen molar-refractivity contribution in [2.75, 3.05) is 0 Å². The molecule has 0 aliphatic heterocycles. The first-order valence-electron chi connectivity index (χ1n) is 5.57. The lowest BCUT2D eigenvalue weighted by atomic mass is 10.2. The molecule has 0 amide bonds. The van der Waals surface area contributed by atoms with E-state index in [2.05, 4.69) is 5.16 Å². The molecule has 3 rings (SSSR count). The molecule has 6 nitrogen and oxygen atoms in total. The molecule has 0 unspecified atom stereocenters. The molecule has 96 valence electrons. The highest BCUT2D eigenvalue weighted by atomic mass is 16.5. The van der Waals surface area contributed by atoms with Crippen LogP contribution in [0, 0.1) is 13.8 Å². The Morgan fingerprint density at radius 2 is 1.79 bits per heavy atom. The topological polar surface area (TPSA) is 86.5 Å². The molecule has 0 atom stereocenters. The van der Waals surface area contributed by atoms with Gasteiger partial charge in [0.25, 0.3) is 0 Å². The van der Waals surface area contributed by atoms with Gasteiger partial charge in [-0.25, -0.2) is 9.59 Å². The third kappa shape index (κ3) is 1.87. The average Bonchev–Trinajstić information content (AvgIpc) is 2.74. The Bertz CT molecular complexity index is 884. The molecule has 3 aromatic heterocycles. The summed E-state index contributed by atoms with van der Waals surface area (Å²) in [4.78, 5) is 23.6. The molecule has 19 heavy (non-hydrogen) atoms. The summed E-state index contributed by atoms with van der Waals surface area (Å²) in [5.41, 5.74) is -0.182. The molecular formula is C13H9NO5. The van der Waals surface area contributed by atoms with Crippen molar-refractivity contribution in [2.24, 2.45) is 0 Å². The van der Waals surface area contributed by atoms with Crippen LogP contribution in [0.4, 0.5) is 0 Å². The number of hydrogen-bond acceptors (Lipinski definition) is 6. The maximum Gasteiger partial charge on any atom is 0.347 e. The predicted molar refractivity (Wildman–Crippen MR) is 66.0 cm³/mol. The number of nitrogens with zero attached hydrogens (tertiary/aromatic N) is 1. The van der Waals surface area contributed by atoms with Gasteiger partial charge in [-0.2, -0.15) is 0 Å². The van der Waals surface area contributed by atoms with Crippen molar-refractivity contribution in [3.8, 4) is 11.3 Å². The summed E-state index contributed by atoms with van der Waals surface area (Å²) in [5.74, 6) is 0.636. The van der Waals surface area contributed by atoms with Gasteiger partial charge >= 0.3 is 11.3 Å². The first-order valence-corrected chi connectivity index (χ1v) is 5.57. The van der Waals surface area contributed by atoms with Crippen molar-refractivity contribution in [3.05, 3.63) is 50.5 Å². The lowest BCUT2D eigenvalue weighted by Crippen LogP contribution is -2.07. The molecule has 0 aliphatic carbocycles. The fourth-order valence-electron chi connectivity index (χ4n) is 1.83. The maximum absolute atomic E-state index is 11.9. The lowest BCUT2D eigenvalue weighted by Gasteiger charge is -1.98. The quantitative estimate of drug-likeness (QED) is 0.664. The van der Waals surface area contributed by atoms with Gasteiger partial charge in [0.1, 0.15) is 22.3 Å². The summed E-state index contributed by atoms with van der Waals surface area (Å²) in [6.07, 6.45) is 0. The molecular weight excluding hydrogens is 250 g/mol. The molecule has 0 spiro atoms. The largest absolute Gasteiger partial charge is 0.428 e. The molecule has 0 saturated carbocycles. The normalized spacial score (nSPS) is 11.1. The first kappa shape index (κ1) is 11.5. The molecule has 0 saturated heterocycles. The van der Waals surface area contributed by atoms with Crippen LogP contribution in [0.25, 0.3) is 22.3 Å². The smallest absolute Gasteiger partial charge is 0.347 e. The number of aromatic nitrogens is 1. The SMILES string of the molecule is Cc1cc(-c2cc3c(=O)oc(C)cc3oc2=O)on1. The molecule has 0 radical (unpaired) electrons. The van der Waals surface area contributed by atoms with Crippen molar-refractivity contribution in [1.82, 2.24) is 5.16 Å². The van der Waals surface area contributed by atoms with Crippen LogP contribution >= 0.6 is 0 Å². The second-order valence-corrected chi connectivity index (χ2v) is 4.20. The first-order chi connectivity index (χ1) is 9.04. The Morgan fingerprint density at radius 3 is 2.47 bits per heavy atom. The summed E-state index contributed by atoms with van der Waals surface area (Å²) in [6, 6.07) is 4.48. The van der Waals surface area contributed by atoms with Gasteiger partial charge in [0.15, 0.2) is 5.76 Å². The monoisotopic (exact) mass is 259 g/mol. The second kappa shape index (κ2) is 3.94. The minimum atomic E-state index is -0.589. The molecule has 0 N–H and O–H groups in total. The van der Waals surface area contributed by atoms with Crippen molar-refractivity contribution >= 4 is 11.0 Å². The molecule has 0 bridgehead atoms. The van der Waals surface area contributed by atoms with Gasteiger partial charge in [-0.15, -0.1) is 0 Å². The molecule has 3 aromatic rings. The average molecular weight is 259 g/mol. The van der Waals surface area contributed by atoms with Crippen molar-refractivity contribution in [1.29, 1.82) is 0 Å². The van der Waals surface area contributed by atoms with E-state index in [-0.39, 0.29) is 22.3 Å². The van der Waals surface area contributed by atoms with Crippen molar-refractivity contribution < 1.29 is 13.4 Å². The highest BCUT2D eigenvalue weighted by molar-refractivity contribution is 5.79. The highest BCUT2D eigenvalue weighted by Gasteiger charge is 2.14. The van der Waals surface area contributed by atoms with Gasteiger partial charge in [0.2, 0.25) is 0 Å². The van der Waals surface area contributed by atoms with Crippen LogP contribution in [-0.4, -0.2) is 5.16 Å². The Morgan fingerprint density at radius 1 is 1.00 bits per heavy atom. The Kier molecular flexibility index (Phi) is 2.38. The van der Waals surface area contributed by atoms with Gasteiger partial charge in [-0.05, 0) is 19.9 Å². The van der Waals surface area contributed by atoms with Gasteiger partial charge in [-0.1, -0.05) is 5.16 Å². The fraction of sp³-hybridized carbons (Fsp3) is 0.154. The third-order valence-electron chi connectivity index (χ3n) is 2.68. The molecule has 3 heterocycles. The minimum Gasteiger partial charge on any atom is -0.428 e. The molecule has 0 aromatic carbocycles. The second-order valence-electron chi connectivity index (χ2n) is 4.20. The van der Waals surface area contributed by atoms with Gasteiger partial charge in [0, 0.05) is 12.1 Å². The van der Waals surface area contributed by atoms with E-state index in [0.717, 1.165) is 0 Å². The highest BCUT2D eigenvalue weighted by Crippen LogP contribution is 2.20. The molecule has 6 heteroatoms. The van der Waals surface area contributed by atoms with Crippen LogP contribution in [0.1, 0.15) is 11.5 Å². The zero-order chi connectivity index (χ0) is 13.6. The van der Waals surface area contributed by atoms with Gasteiger partial charge in [-0.3, -0.25) is 0 Å². The van der Waals surface area contributed by atoms with Crippen molar-refractivity contribution in [3.63, 3.8) is 0 Å². The number of hydrogen-bond donors (Lipinski definition) is 0. The van der Waals surface area contributed by atoms with Gasteiger partial charge in [0.05, 0.1) is 5.69 Å². The predicted octanol–water partition coefficient (Wildman–Crippen LogP) is 2.02. The minimum absolute atomic E-state index is 0.143. The summed E-state index contributed by atoms with van der Waals surface area (Å²) >= 11 is 0. The fourth-order valence-corrected chi connectivity index (χ4v) is 1.83. The van der Waals surface area contributed by atoms with E-state index >= 15 is 0 Å². The molecule has 0 aliphatic rings. The third-order valence-corrected chi connectivity index (χ3v) is 2.68. The summed E-state index contributed by atoms with van der Waals surface area (Å²) in [6.45, 7) is 3.34. The van der Waals surface area contributed by atoms with Crippen LogP contribution in [0.5, 0.6) is 0 Å². The summed E-state index contributed by atoms with van der Waals surface area (Å²) in [5, 5.41) is 3.88. The van der Waals surface area contributed by atoms with Crippen LogP contribution in [0.2, 0.25) is 0 Å². The van der Waals surface area contributed by atoms with Crippen LogP contribution < -0.4 is 11.3 Å². The Balaban J connectivity index is 2.37. The maximum atomic E-state index is 11.9. The van der Waals surface area contributed by atoms with E-state index in [0.29, 0.717) is 11.5 Å². The van der Waals surface area contributed by atoms with Crippen LogP contribution in [0.3, 0.4) is 0 Å². The van der Waals surface area contributed by atoms with E-state index in [1.165, 1.54) is 12.1 Å². The van der Waals surface area contributed by atoms with Gasteiger partial charge < -0.3 is 13.4 Å². The number of rotatable bonds is 1. The van der Waals surface area contributed by atoms with E-state index < -0.39 is 11.3 Å². The lowest BCUT2D eigenvalue weighted by molar-refractivity contribution is 0.424. The van der Waals surface area contributed by atoms with E-state index in [1.54, 1.807) is 19.9 Å². The Hall–Kier alpha value is -2.63. The van der Waals surface area contributed by atoms with E-state index in [4.69, 9.17) is 13.4 Å². The van der Waals surface area contributed by atoms with E-state index in [1.807, 2.05) is 0 Å². The summed E-state index contributed by atoms with van der Waals surface area (Å²) in [7, 11) is 0.